The van der Waals surface area contributed by atoms with Crippen molar-refractivity contribution < 1.29 is 26.3 Å². The van der Waals surface area contributed by atoms with Crippen LogP contribution in [0.15, 0.2) is 0 Å². The van der Waals surface area contributed by atoms with E-state index in [1.165, 1.54) is 0 Å². The summed E-state index contributed by atoms with van der Waals surface area (Å²) in [5, 5.41) is 0. The van der Waals surface area contributed by atoms with E-state index < -0.39 is 40.5 Å². The Morgan fingerprint density at radius 3 is 1.60 bits per heavy atom. The maximum atomic E-state index is 13.5. The zero-order valence-corrected chi connectivity index (χ0v) is 9.87. The second-order valence-electron chi connectivity index (χ2n) is 3.59. The predicted molar refractivity (Wildman–Crippen MR) is 51.6 cm³/mol. The molecule has 1 saturated carbocycles. The lowest BCUT2D eigenvalue weighted by Gasteiger charge is -2.31. The highest BCUT2D eigenvalue weighted by Gasteiger charge is 2.82. The van der Waals surface area contributed by atoms with Gasteiger partial charge in [0.15, 0.2) is 12.3 Å². The van der Waals surface area contributed by atoms with Gasteiger partial charge in [0, 0.05) is 4.43 Å². The smallest absolute Gasteiger partial charge is 0.240 e. The van der Waals surface area contributed by atoms with Gasteiger partial charge in [0.1, 0.15) is 0 Å². The van der Waals surface area contributed by atoms with Gasteiger partial charge in [-0.3, -0.25) is 0 Å². The van der Waals surface area contributed by atoms with Crippen LogP contribution in [-0.4, -0.2) is 34.0 Å². The van der Waals surface area contributed by atoms with Crippen LogP contribution in [0.4, 0.5) is 26.3 Å². The summed E-state index contributed by atoms with van der Waals surface area (Å²) < 4.78 is 78.8. The first kappa shape index (κ1) is 13.4. The van der Waals surface area contributed by atoms with Gasteiger partial charge in [-0.05, 0) is 6.42 Å². The largest absolute Gasteiger partial charge is 0.321 e. The number of hydrogen-bond donors (Lipinski definition) is 0. The molecule has 0 amide bonds. The summed E-state index contributed by atoms with van der Waals surface area (Å²) in [5.41, 5.74) is -7.52. The molecule has 4 atom stereocenters. The van der Waals surface area contributed by atoms with Gasteiger partial charge in [0.2, 0.25) is 11.3 Å². The van der Waals surface area contributed by atoms with Crippen LogP contribution in [0, 0.1) is 0 Å². The van der Waals surface area contributed by atoms with Crippen molar-refractivity contribution >= 4 is 22.6 Å². The van der Waals surface area contributed by atoms with Gasteiger partial charge in [-0.15, -0.1) is 0 Å². The molecule has 0 heterocycles. The maximum Gasteiger partial charge on any atom is 0.321 e. The summed E-state index contributed by atoms with van der Waals surface area (Å²) in [5.74, 6) is -4.64. The quantitative estimate of drug-likeness (QED) is 0.407. The van der Waals surface area contributed by atoms with Crippen molar-refractivity contribution in [2.24, 2.45) is 0 Å². The van der Waals surface area contributed by atoms with Gasteiger partial charge in [0.05, 0.1) is 0 Å². The van der Waals surface area contributed by atoms with Crippen molar-refractivity contribution in [3.05, 3.63) is 0 Å². The van der Waals surface area contributed by atoms with Crippen molar-refractivity contribution in [1.82, 2.24) is 0 Å². The first-order valence-electron chi connectivity index (χ1n) is 4.28. The van der Waals surface area contributed by atoms with Gasteiger partial charge in [-0.25, -0.2) is 17.6 Å². The second-order valence-corrected chi connectivity index (χ2v) is 4.35. The molecule has 0 nitrogen and oxygen atoms in total. The third-order valence-corrected chi connectivity index (χ3v) is 3.99. The van der Waals surface area contributed by atoms with E-state index in [0.29, 0.717) is 0 Å². The van der Waals surface area contributed by atoms with Crippen LogP contribution < -0.4 is 0 Å². The van der Waals surface area contributed by atoms with E-state index in [9.17, 15) is 26.3 Å². The Labute approximate surface area is 96.5 Å². The molecular weight excluding hydrogens is 337 g/mol. The normalized spacial score (nSPS) is 49.6. The zero-order chi connectivity index (χ0) is 12.1. The molecule has 0 bridgehead atoms. The Morgan fingerprint density at radius 2 is 1.40 bits per heavy atom. The van der Waals surface area contributed by atoms with E-state index in [0.717, 1.165) is 29.5 Å². The van der Waals surface area contributed by atoms with E-state index in [-0.39, 0.29) is 0 Å². The molecule has 0 saturated heterocycles. The van der Waals surface area contributed by atoms with Crippen LogP contribution >= 0.6 is 22.6 Å². The number of alkyl halides is 7. The minimum Gasteiger partial charge on any atom is -0.240 e. The van der Waals surface area contributed by atoms with Crippen LogP contribution in [0.1, 0.15) is 13.3 Å². The van der Waals surface area contributed by atoms with Crippen LogP contribution in [0.25, 0.3) is 0 Å². The average molecular weight is 346 g/mol. The molecule has 0 spiro atoms. The standard InChI is InChI=1S/C8H9F6I/c1-2-6(11)4(9)5(10)7(12,3-15)8(6,13)14/h4-5H,2-3H2,1H3/t4?,5?,6-,7?/m0/s1. The predicted octanol–water partition coefficient (Wildman–Crippen LogP) is 3.57. The van der Waals surface area contributed by atoms with Crippen LogP contribution in [0.2, 0.25) is 0 Å². The van der Waals surface area contributed by atoms with Crippen LogP contribution in [-0.2, 0) is 0 Å². The zero-order valence-electron chi connectivity index (χ0n) is 7.71. The summed E-state index contributed by atoms with van der Waals surface area (Å²) in [4.78, 5) is 0. The fourth-order valence-electron chi connectivity index (χ4n) is 1.73. The highest BCUT2D eigenvalue weighted by Crippen LogP contribution is 2.58. The first-order valence-corrected chi connectivity index (χ1v) is 5.81. The molecule has 3 unspecified atom stereocenters. The Kier molecular flexibility index (Phi) is 3.27. The summed E-state index contributed by atoms with van der Waals surface area (Å²) in [7, 11) is 0. The number of hydrogen-bond acceptors (Lipinski definition) is 0. The third-order valence-electron chi connectivity index (χ3n) is 2.88. The van der Waals surface area contributed by atoms with Crippen molar-refractivity contribution in [3.63, 3.8) is 0 Å². The van der Waals surface area contributed by atoms with Gasteiger partial charge in [-0.2, -0.15) is 8.78 Å². The maximum absolute atomic E-state index is 13.5. The Hall–Kier alpha value is 0.310. The Balaban J connectivity index is 3.29. The third kappa shape index (κ3) is 1.33. The molecule has 1 aliphatic carbocycles. The van der Waals surface area contributed by atoms with E-state index in [4.69, 9.17) is 0 Å². The summed E-state index contributed by atoms with van der Waals surface area (Å²) >= 11 is 1.16. The summed E-state index contributed by atoms with van der Waals surface area (Å²) in [6.07, 6.45) is -7.23. The summed E-state index contributed by atoms with van der Waals surface area (Å²) in [6.45, 7) is 0.937. The number of rotatable bonds is 2. The topological polar surface area (TPSA) is 0 Å². The molecule has 0 aromatic rings. The van der Waals surface area contributed by atoms with E-state index in [1.807, 2.05) is 0 Å². The highest BCUT2D eigenvalue weighted by molar-refractivity contribution is 14.1. The van der Waals surface area contributed by atoms with Crippen molar-refractivity contribution in [1.29, 1.82) is 0 Å². The fraction of sp³-hybridized carbons (Fsp3) is 1.00. The Bertz CT molecular complexity index is 236. The molecule has 0 N–H and O–H groups in total. The molecule has 1 rings (SSSR count). The fourth-order valence-corrected chi connectivity index (χ4v) is 2.63. The first-order chi connectivity index (χ1) is 6.69. The lowest BCUT2D eigenvalue weighted by molar-refractivity contribution is -0.191. The minimum absolute atomic E-state index is 0.937. The van der Waals surface area contributed by atoms with E-state index in [2.05, 4.69) is 0 Å². The lowest BCUT2D eigenvalue weighted by Crippen LogP contribution is -2.54. The highest BCUT2D eigenvalue weighted by atomic mass is 127. The molecule has 1 fully saturated rings. The molecule has 0 aromatic carbocycles. The van der Waals surface area contributed by atoms with Crippen molar-refractivity contribution in [3.8, 4) is 0 Å². The van der Waals surface area contributed by atoms with E-state index in [1.54, 1.807) is 0 Å². The molecule has 0 radical (unpaired) electrons. The average Bonchev–Trinajstić information content (AvgIpc) is 2.31. The molecule has 0 aliphatic heterocycles. The van der Waals surface area contributed by atoms with E-state index >= 15 is 0 Å². The molecule has 7 heteroatoms. The van der Waals surface area contributed by atoms with Gasteiger partial charge >= 0.3 is 5.92 Å². The molecule has 0 aromatic heterocycles. The second kappa shape index (κ2) is 3.66. The number of halogens is 7. The lowest BCUT2D eigenvalue weighted by atomic mass is 9.93. The van der Waals surface area contributed by atoms with Crippen LogP contribution in [0.3, 0.4) is 0 Å². The monoisotopic (exact) mass is 346 g/mol. The summed E-state index contributed by atoms with van der Waals surface area (Å²) in [6, 6.07) is 0. The van der Waals surface area contributed by atoms with Crippen molar-refractivity contribution in [2.45, 2.75) is 42.9 Å². The SMILES string of the molecule is CC[C@]1(F)C(F)C(F)C(F)(CI)C1(F)F. The molecular formula is C8H9F6I. The Morgan fingerprint density at radius 1 is 1.00 bits per heavy atom. The van der Waals surface area contributed by atoms with Crippen molar-refractivity contribution in [2.75, 3.05) is 4.43 Å². The van der Waals surface area contributed by atoms with Gasteiger partial charge in [0.25, 0.3) is 0 Å². The minimum atomic E-state index is -4.64. The van der Waals surface area contributed by atoms with Gasteiger partial charge in [-0.1, -0.05) is 29.5 Å². The van der Waals surface area contributed by atoms with Gasteiger partial charge < -0.3 is 0 Å². The molecule has 1 aliphatic rings. The van der Waals surface area contributed by atoms with Crippen LogP contribution in [0.5, 0.6) is 0 Å². The molecule has 15 heavy (non-hydrogen) atoms. The molecule has 90 valence electrons.